The number of oxime groups is 1. The van der Waals surface area contributed by atoms with Gasteiger partial charge in [-0.05, 0) is 37.6 Å². The standard InChI is InChI=1S/C18H19Cl2N3O2/c1-11-8-9-21-12(2)18(11)22-17(24)7-6-16(23-25-3)13-4-5-14(19)15(20)10-13/h4-5,8-10H,6-7H2,1-3H3,(H,22,24). The van der Waals surface area contributed by atoms with Crippen LogP contribution in [0.3, 0.4) is 0 Å². The van der Waals surface area contributed by atoms with Gasteiger partial charge >= 0.3 is 0 Å². The maximum Gasteiger partial charge on any atom is 0.224 e. The molecule has 7 heteroatoms. The van der Waals surface area contributed by atoms with E-state index in [0.29, 0.717) is 22.2 Å². The second-order valence-corrected chi connectivity index (χ2v) is 6.30. The molecule has 25 heavy (non-hydrogen) atoms. The summed E-state index contributed by atoms with van der Waals surface area (Å²) in [5.41, 5.74) is 3.88. The fraction of sp³-hybridized carbons (Fsp3) is 0.278. The molecule has 0 aliphatic heterocycles. The minimum Gasteiger partial charge on any atom is -0.399 e. The molecule has 0 radical (unpaired) electrons. The summed E-state index contributed by atoms with van der Waals surface area (Å²) < 4.78 is 0. The number of aryl methyl sites for hydroxylation is 2. The molecule has 132 valence electrons. The largest absolute Gasteiger partial charge is 0.399 e. The minimum absolute atomic E-state index is 0.122. The molecule has 0 bridgehead atoms. The van der Waals surface area contributed by atoms with Crippen molar-refractivity contribution >= 4 is 40.5 Å². The molecule has 0 atom stereocenters. The fourth-order valence-electron chi connectivity index (χ4n) is 2.35. The van der Waals surface area contributed by atoms with Crippen molar-refractivity contribution in [3.8, 4) is 0 Å². The average molecular weight is 380 g/mol. The molecule has 0 spiro atoms. The molecule has 0 aliphatic rings. The van der Waals surface area contributed by atoms with Crippen molar-refractivity contribution in [1.82, 2.24) is 4.98 Å². The highest BCUT2D eigenvalue weighted by atomic mass is 35.5. The fourth-order valence-corrected chi connectivity index (χ4v) is 2.64. The van der Waals surface area contributed by atoms with E-state index in [4.69, 9.17) is 28.0 Å². The Labute approximate surface area is 157 Å². The first-order chi connectivity index (χ1) is 11.9. The Hall–Kier alpha value is -2.11. The normalized spacial score (nSPS) is 11.3. The van der Waals surface area contributed by atoms with Gasteiger partial charge in [0.2, 0.25) is 5.91 Å². The van der Waals surface area contributed by atoms with E-state index in [0.717, 1.165) is 22.5 Å². The zero-order valence-corrected chi connectivity index (χ0v) is 15.8. The number of amides is 1. The van der Waals surface area contributed by atoms with Crippen molar-refractivity contribution in [2.45, 2.75) is 26.7 Å². The molecule has 1 aromatic heterocycles. The predicted octanol–water partition coefficient (Wildman–Crippen LogP) is 4.77. The van der Waals surface area contributed by atoms with Gasteiger partial charge < -0.3 is 10.2 Å². The first-order valence-electron chi connectivity index (χ1n) is 7.70. The molecule has 1 amide bonds. The highest BCUT2D eigenvalue weighted by Crippen LogP contribution is 2.24. The number of halogens is 2. The van der Waals surface area contributed by atoms with Crippen molar-refractivity contribution in [3.63, 3.8) is 0 Å². The van der Waals surface area contributed by atoms with E-state index in [1.807, 2.05) is 19.9 Å². The Kier molecular flexibility index (Phi) is 6.79. The number of carbonyl (C=O) groups is 1. The molecule has 0 aliphatic carbocycles. The van der Waals surface area contributed by atoms with E-state index >= 15 is 0 Å². The van der Waals surface area contributed by atoms with Crippen LogP contribution in [-0.2, 0) is 9.63 Å². The maximum atomic E-state index is 12.3. The van der Waals surface area contributed by atoms with Crippen molar-refractivity contribution in [1.29, 1.82) is 0 Å². The molecule has 0 saturated heterocycles. The van der Waals surface area contributed by atoms with Crippen LogP contribution in [0.1, 0.15) is 29.7 Å². The van der Waals surface area contributed by atoms with Gasteiger partial charge in [-0.25, -0.2) is 0 Å². The molecule has 2 rings (SSSR count). The zero-order chi connectivity index (χ0) is 18.4. The minimum atomic E-state index is -0.122. The lowest BCUT2D eigenvalue weighted by molar-refractivity contribution is -0.116. The van der Waals surface area contributed by atoms with Crippen LogP contribution >= 0.6 is 23.2 Å². The van der Waals surface area contributed by atoms with E-state index in [2.05, 4.69) is 15.5 Å². The number of rotatable bonds is 6. The van der Waals surface area contributed by atoms with Crippen LogP contribution in [0.5, 0.6) is 0 Å². The molecule has 1 heterocycles. The van der Waals surface area contributed by atoms with E-state index in [-0.39, 0.29) is 12.3 Å². The van der Waals surface area contributed by atoms with Gasteiger partial charge in [0.1, 0.15) is 7.11 Å². The Bertz CT molecular complexity index is 787. The summed E-state index contributed by atoms with van der Waals surface area (Å²) in [5, 5.41) is 7.79. The van der Waals surface area contributed by atoms with Gasteiger partial charge in [0.05, 0.1) is 27.1 Å². The summed E-state index contributed by atoms with van der Waals surface area (Å²) in [5.74, 6) is -0.122. The molecule has 0 fully saturated rings. The maximum absolute atomic E-state index is 12.3. The lowest BCUT2D eigenvalue weighted by Crippen LogP contribution is -2.16. The molecular weight excluding hydrogens is 361 g/mol. The van der Waals surface area contributed by atoms with Gasteiger partial charge in [-0.15, -0.1) is 0 Å². The summed E-state index contributed by atoms with van der Waals surface area (Å²) in [6.45, 7) is 3.79. The monoisotopic (exact) mass is 379 g/mol. The van der Waals surface area contributed by atoms with E-state index in [1.54, 1.807) is 24.4 Å². The Morgan fingerprint density at radius 1 is 1.20 bits per heavy atom. The summed E-state index contributed by atoms with van der Waals surface area (Å²) in [6.07, 6.45) is 2.36. The lowest BCUT2D eigenvalue weighted by Gasteiger charge is -2.11. The number of pyridine rings is 1. The van der Waals surface area contributed by atoms with E-state index in [1.165, 1.54) is 7.11 Å². The van der Waals surface area contributed by atoms with Crippen molar-refractivity contribution in [2.24, 2.45) is 5.16 Å². The van der Waals surface area contributed by atoms with Gasteiger partial charge in [-0.1, -0.05) is 34.4 Å². The third kappa shape index (κ3) is 5.18. The van der Waals surface area contributed by atoms with Crippen LogP contribution in [0.2, 0.25) is 10.0 Å². The van der Waals surface area contributed by atoms with Crippen LogP contribution < -0.4 is 5.32 Å². The number of nitrogens with zero attached hydrogens (tertiary/aromatic N) is 2. The van der Waals surface area contributed by atoms with Crippen LogP contribution in [0.25, 0.3) is 0 Å². The van der Waals surface area contributed by atoms with Gasteiger partial charge in [0.15, 0.2) is 0 Å². The topological polar surface area (TPSA) is 63.6 Å². The highest BCUT2D eigenvalue weighted by molar-refractivity contribution is 6.42. The summed E-state index contributed by atoms with van der Waals surface area (Å²) >= 11 is 12.0. The van der Waals surface area contributed by atoms with Crippen LogP contribution in [0.15, 0.2) is 35.6 Å². The summed E-state index contributed by atoms with van der Waals surface area (Å²) in [4.78, 5) is 21.4. The van der Waals surface area contributed by atoms with E-state index in [9.17, 15) is 4.79 Å². The third-order valence-electron chi connectivity index (χ3n) is 3.66. The molecule has 5 nitrogen and oxygen atoms in total. The van der Waals surface area contributed by atoms with Crippen molar-refractivity contribution in [3.05, 3.63) is 57.3 Å². The zero-order valence-electron chi connectivity index (χ0n) is 14.3. The molecule has 2 aromatic rings. The highest BCUT2D eigenvalue weighted by Gasteiger charge is 2.12. The second-order valence-electron chi connectivity index (χ2n) is 5.49. The molecule has 1 aromatic carbocycles. The first-order valence-corrected chi connectivity index (χ1v) is 8.45. The van der Waals surface area contributed by atoms with Crippen molar-refractivity contribution < 1.29 is 9.63 Å². The summed E-state index contributed by atoms with van der Waals surface area (Å²) in [6, 6.07) is 7.04. The molecule has 0 saturated carbocycles. The number of nitrogens with one attached hydrogen (secondary N) is 1. The van der Waals surface area contributed by atoms with Crippen LogP contribution in [0, 0.1) is 13.8 Å². The Balaban J connectivity index is 2.07. The molecule has 0 unspecified atom stereocenters. The van der Waals surface area contributed by atoms with E-state index < -0.39 is 0 Å². The smallest absolute Gasteiger partial charge is 0.224 e. The van der Waals surface area contributed by atoms with Crippen LogP contribution in [-0.4, -0.2) is 23.7 Å². The first kappa shape index (κ1) is 19.2. The number of aromatic nitrogens is 1. The average Bonchev–Trinajstić information content (AvgIpc) is 2.57. The SMILES string of the molecule is CON=C(CCC(=O)Nc1c(C)ccnc1C)c1ccc(Cl)c(Cl)c1. The number of anilines is 1. The number of hydrogen-bond acceptors (Lipinski definition) is 4. The number of hydrogen-bond donors (Lipinski definition) is 1. The lowest BCUT2D eigenvalue weighted by atomic mass is 10.1. The van der Waals surface area contributed by atoms with Crippen molar-refractivity contribution in [2.75, 3.05) is 12.4 Å². The van der Waals surface area contributed by atoms with Gasteiger partial charge in [-0.3, -0.25) is 9.78 Å². The van der Waals surface area contributed by atoms with Gasteiger partial charge in [0.25, 0.3) is 0 Å². The van der Waals surface area contributed by atoms with Gasteiger partial charge in [0, 0.05) is 24.6 Å². The quantitative estimate of drug-likeness (QED) is 0.580. The Morgan fingerprint density at radius 3 is 2.60 bits per heavy atom. The molecular formula is C18H19Cl2N3O2. The molecule has 1 N–H and O–H groups in total. The van der Waals surface area contributed by atoms with Gasteiger partial charge in [-0.2, -0.15) is 0 Å². The predicted molar refractivity (Wildman–Crippen MR) is 102 cm³/mol. The second kappa shape index (κ2) is 8.83. The number of benzene rings is 1. The Morgan fingerprint density at radius 2 is 1.96 bits per heavy atom. The number of carbonyl (C=O) groups excluding carboxylic acids is 1. The third-order valence-corrected chi connectivity index (χ3v) is 4.40. The van der Waals surface area contributed by atoms with Crippen LogP contribution in [0.4, 0.5) is 5.69 Å². The summed E-state index contributed by atoms with van der Waals surface area (Å²) in [7, 11) is 1.46.